The molecule has 0 spiro atoms. The van der Waals surface area contributed by atoms with Crippen molar-refractivity contribution in [2.45, 2.75) is 33.0 Å². The van der Waals surface area contributed by atoms with E-state index < -0.39 is 0 Å². The molecule has 0 N–H and O–H groups in total. The first kappa shape index (κ1) is 9.97. The normalized spacial score (nSPS) is 47.4. The molecule has 0 aromatic rings. The van der Waals surface area contributed by atoms with E-state index in [1.165, 1.54) is 0 Å². The van der Waals surface area contributed by atoms with Gasteiger partial charge in [0.05, 0.1) is 5.92 Å². The van der Waals surface area contributed by atoms with Crippen LogP contribution in [0, 0.1) is 23.7 Å². The highest BCUT2D eigenvalue weighted by molar-refractivity contribution is 5.74. The van der Waals surface area contributed by atoms with E-state index >= 15 is 0 Å². The molecule has 80 valence electrons. The largest absolute Gasteiger partial charge is 0.435 e. The predicted molar refractivity (Wildman–Crippen MR) is 51.4 cm³/mol. The number of hydrogen-bond acceptors (Lipinski definition) is 3. The predicted octanol–water partition coefficient (Wildman–Crippen LogP) is 1.81. The SMILES string of the molecule is COC1OC(=O)[C@H]2[C@H](CC[C@@H]2C)C1C. The minimum Gasteiger partial charge on any atom is -0.435 e. The maximum Gasteiger partial charge on any atom is 0.311 e. The third-order valence-electron chi connectivity index (χ3n) is 3.87. The van der Waals surface area contributed by atoms with Gasteiger partial charge in [-0.05, 0) is 24.7 Å². The molecule has 0 amide bonds. The summed E-state index contributed by atoms with van der Waals surface area (Å²) < 4.78 is 10.4. The molecule has 1 aliphatic heterocycles. The number of cyclic esters (lactones) is 1. The van der Waals surface area contributed by atoms with Crippen molar-refractivity contribution >= 4 is 5.97 Å². The Kier molecular flexibility index (Phi) is 2.52. The highest BCUT2D eigenvalue weighted by Gasteiger charge is 2.49. The van der Waals surface area contributed by atoms with E-state index in [0.717, 1.165) is 12.8 Å². The zero-order valence-corrected chi connectivity index (χ0v) is 9.03. The van der Waals surface area contributed by atoms with Crippen molar-refractivity contribution in [1.82, 2.24) is 0 Å². The molecule has 14 heavy (non-hydrogen) atoms. The van der Waals surface area contributed by atoms with Crippen molar-refractivity contribution in [3.63, 3.8) is 0 Å². The lowest BCUT2D eigenvalue weighted by Crippen LogP contribution is -2.44. The topological polar surface area (TPSA) is 35.5 Å². The van der Waals surface area contributed by atoms with Crippen LogP contribution < -0.4 is 0 Å². The first-order chi connectivity index (χ1) is 6.65. The molecule has 2 aliphatic rings. The van der Waals surface area contributed by atoms with E-state index in [2.05, 4.69) is 13.8 Å². The summed E-state index contributed by atoms with van der Waals surface area (Å²) in [6.45, 7) is 4.27. The van der Waals surface area contributed by atoms with Crippen LogP contribution in [0.25, 0.3) is 0 Å². The first-order valence-electron chi connectivity index (χ1n) is 5.38. The lowest BCUT2D eigenvalue weighted by atomic mass is 9.80. The van der Waals surface area contributed by atoms with Crippen molar-refractivity contribution in [3.05, 3.63) is 0 Å². The number of carbonyl (C=O) groups is 1. The summed E-state index contributed by atoms with van der Waals surface area (Å²) in [5, 5.41) is 0. The number of fused-ring (bicyclic) bond motifs is 1. The minimum absolute atomic E-state index is 0.0510. The highest BCUT2D eigenvalue weighted by atomic mass is 16.7. The summed E-state index contributed by atoms with van der Waals surface area (Å²) in [4.78, 5) is 11.7. The first-order valence-corrected chi connectivity index (χ1v) is 5.38. The summed E-state index contributed by atoms with van der Waals surface area (Å²) in [6, 6.07) is 0. The van der Waals surface area contributed by atoms with Crippen molar-refractivity contribution in [2.24, 2.45) is 23.7 Å². The second-order valence-electron chi connectivity index (χ2n) is 4.64. The van der Waals surface area contributed by atoms with Crippen molar-refractivity contribution in [1.29, 1.82) is 0 Å². The smallest absolute Gasteiger partial charge is 0.311 e. The van der Waals surface area contributed by atoms with Gasteiger partial charge in [-0.3, -0.25) is 4.79 Å². The molecule has 2 fully saturated rings. The average molecular weight is 198 g/mol. The van der Waals surface area contributed by atoms with E-state index in [0.29, 0.717) is 17.8 Å². The molecule has 1 saturated carbocycles. The van der Waals surface area contributed by atoms with Crippen LogP contribution in [0.2, 0.25) is 0 Å². The highest BCUT2D eigenvalue weighted by Crippen LogP contribution is 2.46. The number of carbonyl (C=O) groups excluding carboxylic acids is 1. The van der Waals surface area contributed by atoms with Gasteiger partial charge in [0.1, 0.15) is 0 Å². The molecule has 2 rings (SSSR count). The van der Waals surface area contributed by atoms with E-state index in [9.17, 15) is 4.79 Å². The Morgan fingerprint density at radius 1 is 1.36 bits per heavy atom. The Balaban J connectivity index is 2.18. The Bertz CT molecular complexity index is 239. The third kappa shape index (κ3) is 1.34. The molecule has 1 saturated heterocycles. The molecule has 3 heteroatoms. The number of ether oxygens (including phenoxy) is 2. The monoisotopic (exact) mass is 198 g/mol. The summed E-state index contributed by atoms with van der Waals surface area (Å²) in [5.74, 6) is 1.36. The van der Waals surface area contributed by atoms with Gasteiger partial charge < -0.3 is 9.47 Å². The van der Waals surface area contributed by atoms with E-state index in [1.54, 1.807) is 7.11 Å². The van der Waals surface area contributed by atoms with Gasteiger partial charge in [-0.15, -0.1) is 0 Å². The Hall–Kier alpha value is -0.570. The lowest BCUT2D eigenvalue weighted by molar-refractivity contribution is -0.212. The summed E-state index contributed by atoms with van der Waals surface area (Å²) in [6.07, 6.45) is 1.96. The van der Waals surface area contributed by atoms with Crippen LogP contribution in [0.15, 0.2) is 0 Å². The Morgan fingerprint density at radius 2 is 2.07 bits per heavy atom. The molecule has 0 aromatic carbocycles. The standard InChI is InChI=1S/C11H18O3/c1-6-4-5-8-7(2)11(13-3)14-10(12)9(6)8/h6-9,11H,4-5H2,1-3H3/t6-,7?,8+,9+,11?/m0/s1. The van der Waals surface area contributed by atoms with E-state index in [-0.39, 0.29) is 18.2 Å². The fourth-order valence-corrected chi connectivity index (χ4v) is 3.00. The second kappa shape index (κ2) is 3.54. The number of hydrogen-bond donors (Lipinski definition) is 0. The summed E-state index contributed by atoms with van der Waals surface area (Å²) in [5.41, 5.74) is 0. The van der Waals surface area contributed by atoms with Gasteiger partial charge in [0, 0.05) is 13.0 Å². The van der Waals surface area contributed by atoms with Crippen molar-refractivity contribution in [3.8, 4) is 0 Å². The molecule has 0 bridgehead atoms. The van der Waals surface area contributed by atoms with Gasteiger partial charge in [-0.25, -0.2) is 0 Å². The van der Waals surface area contributed by atoms with Crippen LogP contribution in [0.1, 0.15) is 26.7 Å². The maximum absolute atomic E-state index is 11.7. The maximum atomic E-state index is 11.7. The molecular formula is C11H18O3. The van der Waals surface area contributed by atoms with Gasteiger partial charge in [-0.1, -0.05) is 13.8 Å². The molecule has 3 nitrogen and oxygen atoms in total. The number of rotatable bonds is 1. The van der Waals surface area contributed by atoms with Crippen LogP contribution in [0.5, 0.6) is 0 Å². The van der Waals surface area contributed by atoms with Gasteiger partial charge in [0.2, 0.25) is 6.29 Å². The Morgan fingerprint density at radius 3 is 2.71 bits per heavy atom. The van der Waals surface area contributed by atoms with Crippen LogP contribution in [0.3, 0.4) is 0 Å². The Labute approximate surface area is 84.8 Å². The molecule has 5 atom stereocenters. The zero-order chi connectivity index (χ0) is 10.3. The third-order valence-corrected chi connectivity index (χ3v) is 3.87. The fourth-order valence-electron chi connectivity index (χ4n) is 3.00. The molecular weight excluding hydrogens is 180 g/mol. The molecule has 1 aliphatic carbocycles. The number of esters is 1. The van der Waals surface area contributed by atoms with Gasteiger partial charge >= 0.3 is 5.97 Å². The minimum atomic E-state index is -0.325. The van der Waals surface area contributed by atoms with Crippen LogP contribution in [0.4, 0.5) is 0 Å². The molecule has 1 heterocycles. The lowest BCUT2D eigenvalue weighted by Gasteiger charge is -2.37. The zero-order valence-electron chi connectivity index (χ0n) is 9.03. The van der Waals surface area contributed by atoms with Gasteiger partial charge in [-0.2, -0.15) is 0 Å². The molecule has 0 radical (unpaired) electrons. The fraction of sp³-hybridized carbons (Fsp3) is 0.909. The van der Waals surface area contributed by atoms with Gasteiger partial charge in [0.15, 0.2) is 0 Å². The summed E-state index contributed by atoms with van der Waals surface area (Å²) >= 11 is 0. The van der Waals surface area contributed by atoms with Crippen LogP contribution in [-0.2, 0) is 14.3 Å². The van der Waals surface area contributed by atoms with Crippen molar-refractivity contribution < 1.29 is 14.3 Å². The number of methoxy groups -OCH3 is 1. The summed E-state index contributed by atoms with van der Waals surface area (Å²) in [7, 11) is 1.60. The quantitative estimate of drug-likeness (QED) is 0.603. The van der Waals surface area contributed by atoms with E-state index in [1.807, 2.05) is 0 Å². The van der Waals surface area contributed by atoms with Crippen LogP contribution >= 0.6 is 0 Å². The van der Waals surface area contributed by atoms with Crippen molar-refractivity contribution in [2.75, 3.05) is 7.11 Å². The molecule has 2 unspecified atom stereocenters. The van der Waals surface area contributed by atoms with E-state index in [4.69, 9.17) is 9.47 Å². The molecule has 0 aromatic heterocycles. The second-order valence-corrected chi connectivity index (χ2v) is 4.64. The van der Waals surface area contributed by atoms with Gasteiger partial charge in [0.25, 0.3) is 0 Å². The average Bonchev–Trinajstić information content (AvgIpc) is 2.54. The van der Waals surface area contributed by atoms with Crippen LogP contribution in [-0.4, -0.2) is 19.4 Å².